The van der Waals surface area contributed by atoms with E-state index in [1.807, 2.05) is 32.0 Å². The lowest BCUT2D eigenvalue weighted by molar-refractivity contribution is 0.103. The minimum absolute atomic E-state index is 0.0906. The van der Waals surface area contributed by atoms with Crippen LogP contribution in [0, 0.1) is 27.7 Å². The first kappa shape index (κ1) is 23.0. The van der Waals surface area contributed by atoms with Gasteiger partial charge in [0.1, 0.15) is 5.75 Å². The molecule has 0 bridgehead atoms. The zero-order chi connectivity index (χ0) is 22.9. The number of hydrogen-bond acceptors (Lipinski definition) is 4. The molecule has 4 nitrogen and oxygen atoms in total. The second kappa shape index (κ2) is 9.21. The summed E-state index contributed by atoms with van der Waals surface area (Å²) in [5.41, 5.74) is 3.56. The molecule has 3 aromatic rings. The Hall–Kier alpha value is -2.68. The van der Waals surface area contributed by atoms with Crippen LogP contribution in [0.5, 0.6) is 5.75 Å². The smallest absolute Gasteiger partial charge is 0.228 e. The molecule has 0 amide bonds. The van der Waals surface area contributed by atoms with E-state index in [4.69, 9.17) is 16.3 Å². The monoisotopic (exact) mass is 454 g/mol. The van der Waals surface area contributed by atoms with E-state index in [-0.39, 0.29) is 22.1 Å². The van der Waals surface area contributed by atoms with Gasteiger partial charge in [-0.15, -0.1) is 0 Å². The lowest BCUT2D eigenvalue weighted by Gasteiger charge is -2.20. The van der Waals surface area contributed by atoms with Crippen LogP contribution in [0.4, 0.5) is 0 Å². The van der Waals surface area contributed by atoms with E-state index in [9.17, 15) is 14.2 Å². The normalized spacial score (nSPS) is 11.8. The van der Waals surface area contributed by atoms with Gasteiger partial charge in [-0.2, -0.15) is 0 Å². The highest BCUT2D eigenvalue weighted by molar-refractivity contribution is 7.71. The number of ether oxygens (including phenoxy) is 1. The van der Waals surface area contributed by atoms with Gasteiger partial charge in [0.15, 0.2) is 13.6 Å². The van der Waals surface area contributed by atoms with Crippen LogP contribution >= 0.6 is 19.4 Å². The first-order valence-electron chi connectivity index (χ1n) is 9.82. The molecule has 0 aliphatic rings. The summed E-state index contributed by atoms with van der Waals surface area (Å²) in [7, 11) is -1.49. The lowest BCUT2D eigenvalue weighted by atomic mass is 9.89. The van der Waals surface area contributed by atoms with Crippen LogP contribution in [-0.2, 0) is 4.57 Å². The molecule has 6 heteroatoms. The first-order valence-corrected chi connectivity index (χ1v) is 11.6. The van der Waals surface area contributed by atoms with Crippen molar-refractivity contribution in [2.45, 2.75) is 27.7 Å². The summed E-state index contributed by atoms with van der Waals surface area (Å²) in [6.45, 7) is 7.27. The molecule has 0 spiro atoms. The number of rotatable bonds is 6. The second-order valence-corrected chi connectivity index (χ2v) is 9.44. The largest absolute Gasteiger partial charge is 0.496 e. The molecule has 3 rings (SSSR count). The van der Waals surface area contributed by atoms with Gasteiger partial charge in [-0.3, -0.25) is 9.59 Å². The maximum atomic E-state index is 13.5. The molecule has 0 saturated heterocycles. The van der Waals surface area contributed by atoms with Gasteiger partial charge in [0, 0.05) is 16.4 Å². The number of benzene rings is 3. The summed E-state index contributed by atoms with van der Waals surface area (Å²) in [4.78, 5) is 26.4. The minimum Gasteiger partial charge on any atom is -0.496 e. The van der Waals surface area contributed by atoms with Crippen molar-refractivity contribution < 1.29 is 18.9 Å². The predicted molar refractivity (Wildman–Crippen MR) is 126 cm³/mol. The summed E-state index contributed by atoms with van der Waals surface area (Å²) in [5.74, 6) is 0.197. The van der Waals surface area contributed by atoms with Crippen LogP contribution < -0.4 is 10.0 Å². The Morgan fingerprint density at radius 2 is 1.39 bits per heavy atom. The maximum absolute atomic E-state index is 13.5. The number of halogens is 1. The summed E-state index contributed by atoms with van der Waals surface area (Å²) < 4.78 is 18.8. The van der Waals surface area contributed by atoms with Crippen LogP contribution in [0.1, 0.15) is 48.5 Å². The number of carbonyl (C=O) groups is 2. The summed E-state index contributed by atoms with van der Waals surface area (Å²) in [5, 5.41) is 0.680. The van der Waals surface area contributed by atoms with E-state index < -0.39 is 13.3 Å². The van der Waals surface area contributed by atoms with Crippen LogP contribution in [0.15, 0.2) is 48.5 Å². The molecule has 0 aliphatic heterocycles. The van der Waals surface area contributed by atoms with Crippen molar-refractivity contribution in [1.82, 2.24) is 0 Å². The maximum Gasteiger partial charge on any atom is 0.228 e. The number of methoxy groups -OCH3 is 1. The van der Waals surface area contributed by atoms with Crippen molar-refractivity contribution in [3.05, 3.63) is 92.5 Å². The lowest BCUT2D eigenvalue weighted by Crippen LogP contribution is -2.19. The van der Waals surface area contributed by atoms with Crippen LogP contribution in [0.3, 0.4) is 0 Å². The van der Waals surface area contributed by atoms with Crippen molar-refractivity contribution in [3.63, 3.8) is 0 Å². The number of ketones is 1. The molecule has 160 valence electrons. The molecule has 31 heavy (non-hydrogen) atoms. The third-order valence-electron chi connectivity index (χ3n) is 5.74. The van der Waals surface area contributed by atoms with E-state index in [1.165, 1.54) is 7.11 Å². The standard InChI is InChI=1S/C25H24ClO4P/c1-14-16(3)24(31(29)25(28)22-19(26)12-9-13-20(22)30-5)17(4)15(2)21(14)23(27)18-10-7-6-8-11-18/h6-13,31H,1-5H3. The fourth-order valence-corrected chi connectivity index (χ4v) is 5.95. The van der Waals surface area contributed by atoms with Gasteiger partial charge < -0.3 is 9.30 Å². The predicted octanol–water partition coefficient (Wildman–Crippen LogP) is 5.84. The molecule has 0 aromatic heterocycles. The zero-order valence-corrected chi connectivity index (χ0v) is 19.9. The van der Waals surface area contributed by atoms with Crippen molar-refractivity contribution >= 4 is 36.0 Å². The average molecular weight is 455 g/mol. The van der Waals surface area contributed by atoms with Gasteiger partial charge in [0.05, 0.1) is 17.7 Å². The molecule has 0 heterocycles. The zero-order valence-electron chi connectivity index (χ0n) is 18.1. The van der Waals surface area contributed by atoms with Crippen molar-refractivity contribution in [2.75, 3.05) is 7.11 Å². The summed E-state index contributed by atoms with van der Waals surface area (Å²) in [6.07, 6.45) is 0. The Morgan fingerprint density at radius 1 is 0.806 bits per heavy atom. The molecule has 3 aromatic carbocycles. The molecule has 0 saturated carbocycles. The highest BCUT2D eigenvalue weighted by Crippen LogP contribution is 2.38. The Morgan fingerprint density at radius 3 is 1.94 bits per heavy atom. The van der Waals surface area contributed by atoms with Gasteiger partial charge in [-0.05, 0) is 62.1 Å². The average Bonchev–Trinajstić information content (AvgIpc) is 2.77. The van der Waals surface area contributed by atoms with Crippen LogP contribution in [0.2, 0.25) is 5.02 Å². The third-order valence-corrected chi connectivity index (χ3v) is 7.93. The molecular weight excluding hydrogens is 431 g/mol. The third kappa shape index (κ3) is 4.11. The van der Waals surface area contributed by atoms with Gasteiger partial charge >= 0.3 is 0 Å². The topological polar surface area (TPSA) is 60.4 Å². The van der Waals surface area contributed by atoms with E-state index >= 15 is 0 Å². The second-order valence-electron chi connectivity index (χ2n) is 7.42. The Balaban J connectivity index is 2.15. The Labute approximate surface area is 188 Å². The molecule has 0 fully saturated rings. The van der Waals surface area contributed by atoms with Crippen LogP contribution in [0.25, 0.3) is 0 Å². The van der Waals surface area contributed by atoms with E-state index in [0.717, 1.165) is 11.1 Å². The van der Waals surface area contributed by atoms with E-state index in [0.29, 0.717) is 27.6 Å². The number of hydrogen-bond donors (Lipinski definition) is 0. The molecule has 1 atom stereocenters. The Kier molecular flexibility index (Phi) is 6.83. The van der Waals surface area contributed by atoms with Gasteiger partial charge in [0.25, 0.3) is 0 Å². The molecular formula is C25H24ClO4P. The van der Waals surface area contributed by atoms with Gasteiger partial charge in [-0.25, -0.2) is 0 Å². The molecule has 0 N–H and O–H groups in total. The summed E-state index contributed by atoms with van der Waals surface area (Å²) >= 11 is 6.24. The molecule has 0 aliphatic carbocycles. The van der Waals surface area contributed by atoms with Gasteiger partial charge in [-0.1, -0.05) is 48.0 Å². The SMILES string of the molecule is COc1cccc(Cl)c1C(=O)[PH](=O)c1c(C)c(C)c(C(=O)c2ccccc2)c(C)c1C. The van der Waals surface area contributed by atoms with Crippen molar-refractivity contribution in [2.24, 2.45) is 0 Å². The van der Waals surface area contributed by atoms with Gasteiger partial charge in [0.2, 0.25) is 5.52 Å². The Bertz CT molecular complexity index is 1190. The molecule has 1 unspecified atom stereocenters. The minimum atomic E-state index is -2.93. The summed E-state index contributed by atoms with van der Waals surface area (Å²) in [6, 6.07) is 13.9. The van der Waals surface area contributed by atoms with Crippen molar-refractivity contribution in [1.29, 1.82) is 0 Å². The first-order chi connectivity index (χ1) is 14.7. The quantitative estimate of drug-likeness (QED) is 0.347. The van der Waals surface area contributed by atoms with E-state index in [1.54, 1.807) is 44.2 Å². The van der Waals surface area contributed by atoms with Crippen molar-refractivity contribution in [3.8, 4) is 5.75 Å². The number of carbonyl (C=O) groups excluding carboxylic acids is 2. The van der Waals surface area contributed by atoms with Crippen LogP contribution in [-0.4, -0.2) is 18.4 Å². The molecule has 0 radical (unpaired) electrons. The van der Waals surface area contributed by atoms with E-state index in [2.05, 4.69) is 0 Å². The fraction of sp³-hybridized carbons (Fsp3) is 0.200. The highest BCUT2D eigenvalue weighted by Gasteiger charge is 2.29. The highest BCUT2D eigenvalue weighted by atomic mass is 35.5. The fourth-order valence-electron chi connectivity index (χ4n) is 3.85.